The van der Waals surface area contributed by atoms with Crippen molar-refractivity contribution in [3.8, 4) is 5.75 Å². The van der Waals surface area contributed by atoms with E-state index in [0.29, 0.717) is 0 Å². The zero-order chi connectivity index (χ0) is 15.1. The maximum Gasteiger partial charge on any atom is 0.573 e. The number of hydrogen-bond donors (Lipinski definition) is 1. The van der Waals surface area contributed by atoms with Gasteiger partial charge in [-0.25, -0.2) is 8.78 Å². The van der Waals surface area contributed by atoms with Crippen LogP contribution >= 0.6 is 0 Å². The molecule has 3 nitrogen and oxygen atoms in total. The number of aromatic nitrogens is 1. The Kier molecular flexibility index (Phi) is 3.19. The van der Waals surface area contributed by atoms with Gasteiger partial charge >= 0.3 is 6.36 Å². The van der Waals surface area contributed by atoms with Crippen molar-refractivity contribution in [1.29, 1.82) is 0 Å². The van der Waals surface area contributed by atoms with E-state index in [1.807, 2.05) is 0 Å². The Morgan fingerprint density at radius 3 is 2.45 bits per heavy atom. The van der Waals surface area contributed by atoms with Gasteiger partial charge in [-0.3, -0.25) is 4.79 Å². The molecule has 1 N–H and O–H groups in total. The number of aldehydes is 1. The summed E-state index contributed by atoms with van der Waals surface area (Å²) in [5, 5.41) is -0.459. The molecule has 2 rings (SSSR count). The summed E-state index contributed by atoms with van der Waals surface area (Å²) in [5.74, 6) is -1.67. The topological polar surface area (TPSA) is 42.1 Å². The first-order chi connectivity index (χ1) is 9.15. The van der Waals surface area contributed by atoms with Gasteiger partial charge in [0.15, 0.2) is 12.0 Å². The second kappa shape index (κ2) is 4.46. The van der Waals surface area contributed by atoms with E-state index in [2.05, 4.69) is 9.72 Å². The van der Waals surface area contributed by atoms with Gasteiger partial charge in [-0.05, 0) is 19.1 Å². The zero-order valence-corrected chi connectivity index (χ0v) is 10.0. The molecular formula is C12H8F5NO2. The highest BCUT2D eigenvalue weighted by molar-refractivity contribution is 5.93. The highest BCUT2D eigenvalue weighted by Gasteiger charge is 2.35. The first-order valence-electron chi connectivity index (χ1n) is 5.37. The van der Waals surface area contributed by atoms with Crippen LogP contribution in [0.2, 0.25) is 0 Å². The van der Waals surface area contributed by atoms with Crippen LogP contribution in [-0.4, -0.2) is 17.6 Å². The van der Waals surface area contributed by atoms with Crippen molar-refractivity contribution in [2.24, 2.45) is 0 Å². The predicted molar refractivity (Wildman–Crippen MR) is 59.5 cm³/mol. The lowest BCUT2D eigenvalue weighted by atomic mass is 9.98. The summed E-state index contributed by atoms with van der Waals surface area (Å²) in [6, 6.07) is 1.48. The minimum absolute atomic E-state index is 0.0854. The van der Waals surface area contributed by atoms with Crippen molar-refractivity contribution < 1.29 is 31.5 Å². The fraction of sp³-hybridized carbons (Fsp3) is 0.250. The molecule has 0 saturated heterocycles. The molecule has 0 aliphatic carbocycles. The van der Waals surface area contributed by atoms with E-state index in [-0.39, 0.29) is 11.8 Å². The summed E-state index contributed by atoms with van der Waals surface area (Å²) < 4.78 is 68.2. The van der Waals surface area contributed by atoms with Gasteiger partial charge in [0.25, 0.3) is 0 Å². The quantitative estimate of drug-likeness (QED) is 0.694. The Morgan fingerprint density at radius 2 is 1.90 bits per heavy atom. The average molecular weight is 293 g/mol. The number of nitrogens with one attached hydrogen (secondary N) is 1. The van der Waals surface area contributed by atoms with Crippen LogP contribution in [0.3, 0.4) is 0 Å². The zero-order valence-electron chi connectivity index (χ0n) is 10.0. The molecule has 2 aromatic rings. The lowest BCUT2D eigenvalue weighted by Crippen LogP contribution is -2.19. The van der Waals surface area contributed by atoms with Crippen LogP contribution in [0.5, 0.6) is 5.75 Å². The largest absolute Gasteiger partial charge is 0.573 e. The summed E-state index contributed by atoms with van der Waals surface area (Å²) in [6.45, 7) is 0.852. The van der Waals surface area contributed by atoms with E-state index in [1.165, 1.54) is 0 Å². The van der Waals surface area contributed by atoms with Gasteiger partial charge in [0.05, 0.1) is 10.9 Å². The van der Waals surface area contributed by atoms with Gasteiger partial charge in [-0.2, -0.15) is 0 Å². The lowest BCUT2D eigenvalue weighted by Gasteiger charge is -2.15. The first-order valence-corrected chi connectivity index (χ1v) is 5.37. The monoisotopic (exact) mass is 293 g/mol. The number of alkyl halides is 4. The molecule has 0 radical (unpaired) electrons. The summed E-state index contributed by atoms with van der Waals surface area (Å²) >= 11 is 0. The van der Waals surface area contributed by atoms with Crippen LogP contribution in [0.15, 0.2) is 18.3 Å². The fourth-order valence-electron chi connectivity index (χ4n) is 1.84. The Balaban J connectivity index is 2.73. The highest BCUT2D eigenvalue weighted by atomic mass is 19.4. The molecule has 1 aromatic heterocycles. The van der Waals surface area contributed by atoms with E-state index in [1.54, 1.807) is 0 Å². The van der Waals surface area contributed by atoms with Crippen molar-refractivity contribution in [2.75, 3.05) is 0 Å². The number of carbonyl (C=O) groups is 1. The number of halogens is 5. The van der Waals surface area contributed by atoms with Crippen molar-refractivity contribution in [2.45, 2.75) is 19.0 Å². The number of hydrogen-bond acceptors (Lipinski definition) is 2. The highest BCUT2D eigenvalue weighted by Crippen LogP contribution is 2.39. The number of H-pyrrole nitrogens is 1. The van der Waals surface area contributed by atoms with E-state index in [4.69, 9.17) is 0 Å². The molecule has 0 bridgehead atoms. The number of fused-ring (bicyclic) bond motifs is 1. The molecule has 0 amide bonds. The van der Waals surface area contributed by atoms with Crippen LogP contribution in [-0.2, 0) is 10.5 Å². The first kappa shape index (κ1) is 14.3. The molecule has 1 atom stereocenters. The molecule has 0 saturated carbocycles. The van der Waals surface area contributed by atoms with Crippen molar-refractivity contribution >= 4 is 17.2 Å². The van der Waals surface area contributed by atoms with Gasteiger partial charge in [-0.15, -0.1) is 13.2 Å². The van der Waals surface area contributed by atoms with Gasteiger partial charge in [-0.1, -0.05) is 0 Å². The molecule has 1 unspecified atom stereocenters. The Bertz CT molecular complexity index is 660. The second-order valence-corrected chi connectivity index (χ2v) is 4.24. The maximum absolute atomic E-state index is 14.0. The van der Waals surface area contributed by atoms with Gasteiger partial charge in [0, 0.05) is 11.8 Å². The van der Waals surface area contributed by atoms with Gasteiger partial charge < -0.3 is 9.72 Å². The summed E-state index contributed by atoms with van der Waals surface area (Å²) in [4.78, 5) is 13.0. The molecule has 0 spiro atoms. The third-order valence-corrected chi connectivity index (χ3v) is 2.72. The Morgan fingerprint density at radius 1 is 1.25 bits per heavy atom. The number of carbonyl (C=O) groups excluding carboxylic acids is 1. The maximum atomic E-state index is 14.0. The van der Waals surface area contributed by atoms with Gasteiger partial charge in [0.1, 0.15) is 11.6 Å². The summed E-state index contributed by atoms with van der Waals surface area (Å²) in [7, 11) is 0. The molecule has 1 heterocycles. The lowest BCUT2D eigenvalue weighted by molar-refractivity contribution is -0.274. The van der Waals surface area contributed by atoms with Crippen molar-refractivity contribution in [1.82, 2.24) is 4.98 Å². The number of rotatable bonds is 3. The van der Waals surface area contributed by atoms with Crippen LogP contribution in [0.25, 0.3) is 10.9 Å². The van der Waals surface area contributed by atoms with Crippen molar-refractivity contribution in [3.63, 3.8) is 0 Å². The third kappa shape index (κ3) is 2.45. The summed E-state index contributed by atoms with van der Waals surface area (Å²) in [6.07, 6.45) is -4.17. The standard InChI is InChI=1S/C12H8F5NO2/c1-11(14,5-19)6-4-18-10-7(13)2-3-8(9(6)10)20-12(15,16)17/h2-5,18H,1H3. The van der Waals surface area contributed by atoms with E-state index in [0.717, 1.165) is 25.3 Å². The summed E-state index contributed by atoms with van der Waals surface area (Å²) in [5.41, 5.74) is -3.37. The second-order valence-electron chi connectivity index (χ2n) is 4.24. The molecular weight excluding hydrogens is 285 g/mol. The van der Waals surface area contributed by atoms with Gasteiger partial charge in [0.2, 0.25) is 0 Å². The molecule has 20 heavy (non-hydrogen) atoms. The number of ether oxygens (including phenoxy) is 1. The molecule has 0 fully saturated rings. The van der Waals surface area contributed by atoms with E-state index < -0.39 is 34.5 Å². The fourth-order valence-corrected chi connectivity index (χ4v) is 1.84. The number of aromatic amines is 1. The predicted octanol–water partition coefficient (Wildman–Crippen LogP) is 3.59. The van der Waals surface area contributed by atoms with Crippen molar-refractivity contribution in [3.05, 3.63) is 29.7 Å². The smallest absolute Gasteiger partial charge is 0.405 e. The van der Waals surface area contributed by atoms with Crippen LogP contribution < -0.4 is 4.74 Å². The normalized spacial score (nSPS) is 15.1. The van der Waals surface area contributed by atoms with E-state index in [9.17, 15) is 26.7 Å². The van der Waals surface area contributed by atoms with Crippen LogP contribution in [0.1, 0.15) is 12.5 Å². The molecule has 1 aromatic carbocycles. The molecule has 8 heteroatoms. The molecule has 0 aliphatic rings. The minimum Gasteiger partial charge on any atom is -0.405 e. The molecule has 108 valence electrons. The van der Waals surface area contributed by atoms with Crippen LogP contribution in [0.4, 0.5) is 22.0 Å². The Labute approximate surface area is 109 Å². The number of benzene rings is 1. The Hall–Kier alpha value is -2.12. The molecule has 0 aliphatic heterocycles. The SMILES string of the molecule is CC(F)(C=O)c1c[nH]c2c(F)ccc(OC(F)(F)F)c12. The third-order valence-electron chi connectivity index (χ3n) is 2.72. The average Bonchev–Trinajstić information content (AvgIpc) is 2.77. The van der Waals surface area contributed by atoms with Crippen LogP contribution in [0, 0.1) is 5.82 Å². The van der Waals surface area contributed by atoms with E-state index >= 15 is 0 Å². The minimum atomic E-state index is -5.02.